The Morgan fingerprint density at radius 3 is 2.72 bits per heavy atom. The zero-order valence-corrected chi connectivity index (χ0v) is 11.0. The summed E-state index contributed by atoms with van der Waals surface area (Å²) in [6, 6.07) is 5.38. The van der Waals surface area contributed by atoms with Gasteiger partial charge in [-0.25, -0.2) is 0 Å². The van der Waals surface area contributed by atoms with Gasteiger partial charge in [0.25, 0.3) is 0 Å². The third-order valence-corrected chi connectivity index (χ3v) is 3.22. The van der Waals surface area contributed by atoms with Crippen molar-refractivity contribution in [3.05, 3.63) is 23.8 Å². The highest BCUT2D eigenvalue weighted by molar-refractivity contribution is 5.98. The number of hydrogen-bond acceptors (Lipinski definition) is 4. The Hall–Kier alpha value is -1.55. The van der Waals surface area contributed by atoms with E-state index in [1.165, 1.54) is 0 Å². The Bertz CT molecular complexity index is 443. The van der Waals surface area contributed by atoms with E-state index in [4.69, 9.17) is 9.47 Å². The summed E-state index contributed by atoms with van der Waals surface area (Å²) in [4.78, 5) is 12.4. The number of benzene rings is 1. The molecule has 2 rings (SSSR count). The summed E-state index contributed by atoms with van der Waals surface area (Å²) in [6.07, 6.45) is 0. The van der Waals surface area contributed by atoms with Crippen molar-refractivity contribution in [2.45, 2.75) is 13.8 Å². The van der Waals surface area contributed by atoms with Crippen LogP contribution in [-0.4, -0.2) is 26.2 Å². The SMILES string of the molecule is CNCC(C(=O)c1ccc2c(c1)OCO2)C(C)C. The van der Waals surface area contributed by atoms with Crippen LogP contribution in [0.4, 0.5) is 0 Å². The van der Waals surface area contributed by atoms with Gasteiger partial charge < -0.3 is 14.8 Å². The molecule has 1 aliphatic rings. The first-order valence-electron chi connectivity index (χ1n) is 6.22. The smallest absolute Gasteiger partial charge is 0.231 e. The molecule has 1 aromatic rings. The highest BCUT2D eigenvalue weighted by Gasteiger charge is 2.24. The van der Waals surface area contributed by atoms with Crippen LogP contribution < -0.4 is 14.8 Å². The van der Waals surface area contributed by atoms with E-state index in [0.717, 1.165) is 0 Å². The Balaban J connectivity index is 2.22. The number of fused-ring (bicyclic) bond motifs is 1. The molecule has 0 aromatic heterocycles. The van der Waals surface area contributed by atoms with Crippen molar-refractivity contribution >= 4 is 5.78 Å². The Morgan fingerprint density at radius 2 is 2.06 bits per heavy atom. The molecular formula is C14H19NO3. The molecule has 4 nitrogen and oxygen atoms in total. The van der Waals surface area contributed by atoms with E-state index < -0.39 is 0 Å². The van der Waals surface area contributed by atoms with Gasteiger partial charge in [0.05, 0.1) is 0 Å². The van der Waals surface area contributed by atoms with Crippen LogP contribution in [0, 0.1) is 11.8 Å². The van der Waals surface area contributed by atoms with Crippen LogP contribution >= 0.6 is 0 Å². The zero-order valence-electron chi connectivity index (χ0n) is 11.0. The monoisotopic (exact) mass is 249 g/mol. The molecule has 1 aromatic carbocycles. The fourth-order valence-corrected chi connectivity index (χ4v) is 2.11. The van der Waals surface area contributed by atoms with Crippen molar-refractivity contribution in [1.29, 1.82) is 0 Å². The van der Waals surface area contributed by atoms with Crippen LogP contribution in [0.25, 0.3) is 0 Å². The van der Waals surface area contributed by atoms with Gasteiger partial charge >= 0.3 is 0 Å². The average molecular weight is 249 g/mol. The first kappa shape index (κ1) is 12.9. The van der Waals surface area contributed by atoms with Crippen LogP contribution in [0.5, 0.6) is 11.5 Å². The lowest BCUT2D eigenvalue weighted by molar-refractivity contribution is 0.0885. The fraction of sp³-hybridized carbons (Fsp3) is 0.500. The van der Waals surface area contributed by atoms with Crippen LogP contribution in [0.15, 0.2) is 18.2 Å². The van der Waals surface area contributed by atoms with Gasteiger partial charge in [-0.05, 0) is 31.2 Å². The molecule has 0 spiro atoms. The minimum absolute atomic E-state index is 0.0182. The predicted octanol–water partition coefficient (Wildman–Crippen LogP) is 2.09. The van der Waals surface area contributed by atoms with Crippen molar-refractivity contribution in [3.8, 4) is 11.5 Å². The predicted molar refractivity (Wildman–Crippen MR) is 69.2 cm³/mol. The van der Waals surface area contributed by atoms with Gasteiger partial charge in [-0.3, -0.25) is 4.79 Å². The molecule has 0 saturated heterocycles. The lowest BCUT2D eigenvalue weighted by Gasteiger charge is -2.19. The molecule has 1 aliphatic heterocycles. The zero-order chi connectivity index (χ0) is 13.1. The van der Waals surface area contributed by atoms with Gasteiger partial charge in [-0.15, -0.1) is 0 Å². The summed E-state index contributed by atoms with van der Waals surface area (Å²) in [5.41, 5.74) is 0.688. The third kappa shape index (κ3) is 2.48. The van der Waals surface area contributed by atoms with Crippen molar-refractivity contribution < 1.29 is 14.3 Å². The van der Waals surface area contributed by atoms with E-state index in [1.807, 2.05) is 7.05 Å². The van der Waals surface area contributed by atoms with Crippen molar-refractivity contribution in [3.63, 3.8) is 0 Å². The summed E-state index contributed by atoms with van der Waals surface area (Å²) < 4.78 is 10.5. The molecule has 1 atom stereocenters. The second-order valence-electron chi connectivity index (χ2n) is 4.84. The van der Waals surface area contributed by atoms with Crippen molar-refractivity contribution in [2.24, 2.45) is 11.8 Å². The minimum Gasteiger partial charge on any atom is -0.454 e. The summed E-state index contributed by atoms with van der Waals surface area (Å²) in [7, 11) is 1.86. The molecule has 0 amide bonds. The van der Waals surface area contributed by atoms with Crippen molar-refractivity contribution in [1.82, 2.24) is 5.32 Å². The molecule has 0 bridgehead atoms. The van der Waals surface area contributed by atoms with E-state index in [2.05, 4.69) is 19.2 Å². The van der Waals surface area contributed by atoms with Crippen LogP contribution in [0.2, 0.25) is 0 Å². The number of nitrogens with one attached hydrogen (secondary N) is 1. The van der Waals surface area contributed by atoms with Gasteiger partial charge in [0.2, 0.25) is 6.79 Å². The molecule has 98 valence electrons. The lowest BCUT2D eigenvalue weighted by atomic mass is 9.88. The number of ether oxygens (including phenoxy) is 2. The van der Waals surface area contributed by atoms with Gasteiger partial charge in [0, 0.05) is 18.0 Å². The molecule has 0 aliphatic carbocycles. The first-order valence-corrected chi connectivity index (χ1v) is 6.22. The second-order valence-corrected chi connectivity index (χ2v) is 4.84. The maximum atomic E-state index is 12.4. The summed E-state index contributed by atoms with van der Waals surface area (Å²) in [5, 5.41) is 3.08. The molecule has 1 unspecified atom stereocenters. The average Bonchev–Trinajstić information content (AvgIpc) is 2.81. The lowest BCUT2D eigenvalue weighted by Crippen LogP contribution is -2.30. The maximum absolute atomic E-state index is 12.4. The second kappa shape index (κ2) is 5.40. The molecule has 18 heavy (non-hydrogen) atoms. The summed E-state index contributed by atoms with van der Waals surface area (Å²) >= 11 is 0. The standard InChI is InChI=1S/C14H19NO3/c1-9(2)11(7-15-3)14(16)10-4-5-12-13(6-10)18-8-17-12/h4-6,9,11,15H,7-8H2,1-3H3. The van der Waals surface area contributed by atoms with Gasteiger partial charge in [0.1, 0.15) is 0 Å². The quantitative estimate of drug-likeness (QED) is 0.812. The van der Waals surface area contributed by atoms with Crippen LogP contribution in [-0.2, 0) is 0 Å². The number of hydrogen-bond donors (Lipinski definition) is 1. The number of Topliss-reactive ketones (excluding diaryl/α,β-unsaturated/α-hetero) is 1. The third-order valence-electron chi connectivity index (χ3n) is 3.22. The Labute approximate surface area is 107 Å². The highest BCUT2D eigenvalue weighted by Crippen LogP contribution is 2.33. The molecule has 4 heteroatoms. The highest BCUT2D eigenvalue weighted by atomic mass is 16.7. The van der Waals surface area contributed by atoms with Gasteiger partial charge in [-0.1, -0.05) is 13.8 Å². The maximum Gasteiger partial charge on any atom is 0.231 e. The van der Waals surface area contributed by atoms with Gasteiger partial charge in [0.15, 0.2) is 17.3 Å². The van der Waals surface area contributed by atoms with E-state index in [9.17, 15) is 4.79 Å². The topological polar surface area (TPSA) is 47.6 Å². The Morgan fingerprint density at radius 1 is 1.33 bits per heavy atom. The molecule has 0 saturated carbocycles. The molecule has 0 fully saturated rings. The van der Waals surface area contributed by atoms with E-state index in [1.54, 1.807) is 18.2 Å². The van der Waals surface area contributed by atoms with Crippen LogP contribution in [0.1, 0.15) is 24.2 Å². The number of rotatable bonds is 5. The van der Waals surface area contributed by atoms with Crippen LogP contribution in [0.3, 0.4) is 0 Å². The van der Waals surface area contributed by atoms with Gasteiger partial charge in [-0.2, -0.15) is 0 Å². The van der Waals surface area contributed by atoms with E-state index in [-0.39, 0.29) is 18.5 Å². The first-order chi connectivity index (χ1) is 8.63. The number of carbonyl (C=O) groups excluding carboxylic acids is 1. The molecule has 0 radical (unpaired) electrons. The van der Waals surface area contributed by atoms with Crippen molar-refractivity contribution in [2.75, 3.05) is 20.4 Å². The fourth-order valence-electron chi connectivity index (χ4n) is 2.11. The molecule has 1 heterocycles. The number of ketones is 1. The number of carbonyl (C=O) groups is 1. The van der Waals surface area contributed by atoms with E-state index in [0.29, 0.717) is 29.5 Å². The minimum atomic E-state index is -0.0182. The van der Waals surface area contributed by atoms with E-state index >= 15 is 0 Å². The summed E-state index contributed by atoms with van der Waals surface area (Å²) in [5.74, 6) is 1.80. The Kier molecular flexibility index (Phi) is 3.87. The normalized spacial score (nSPS) is 14.9. The molecule has 1 N–H and O–H groups in total. The largest absolute Gasteiger partial charge is 0.454 e. The summed E-state index contributed by atoms with van der Waals surface area (Å²) in [6.45, 7) is 5.04. The molecular weight excluding hydrogens is 230 g/mol.